The summed E-state index contributed by atoms with van der Waals surface area (Å²) in [6.07, 6.45) is 5.32. The summed E-state index contributed by atoms with van der Waals surface area (Å²) in [6, 6.07) is 10.00. The second-order valence-electron chi connectivity index (χ2n) is 6.32. The minimum Gasteiger partial charge on any atom is -0.494 e. The molecule has 5 nitrogen and oxygen atoms in total. The van der Waals surface area contributed by atoms with Crippen molar-refractivity contribution in [1.29, 1.82) is 0 Å². The van der Waals surface area contributed by atoms with E-state index in [2.05, 4.69) is 28.1 Å². The molecule has 1 aromatic heterocycles. The van der Waals surface area contributed by atoms with E-state index in [1.54, 1.807) is 0 Å². The highest BCUT2D eigenvalue weighted by molar-refractivity contribution is 5.31. The van der Waals surface area contributed by atoms with Gasteiger partial charge < -0.3 is 9.47 Å². The van der Waals surface area contributed by atoms with Gasteiger partial charge in [-0.15, -0.1) is 0 Å². The number of aromatic nitrogens is 2. The Balaban J connectivity index is 1.41. The molecule has 2 heterocycles. The van der Waals surface area contributed by atoms with Crippen molar-refractivity contribution in [3.63, 3.8) is 0 Å². The summed E-state index contributed by atoms with van der Waals surface area (Å²) >= 11 is 0. The van der Waals surface area contributed by atoms with Gasteiger partial charge in [-0.05, 0) is 56.1 Å². The Labute approximate surface area is 144 Å². The van der Waals surface area contributed by atoms with Crippen molar-refractivity contribution >= 4 is 0 Å². The number of benzene rings is 1. The van der Waals surface area contributed by atoms with Crippen LogP contribution in [0.15, 0.2) is 36.5 Å². The second-order valence-corrected chi connectivity index (χ2v) is 6.32. The van der Waals surface area contributed by atoms with Gasteiger partial charge in [-0.1, -0.05) is 6.92 Å². The molecule has 0 bridgehead atoms. The van der Waals surface area contributed by atoms with Crippen LogP contribution in [0.4, 0.5) is 0 Å². The Morgan fingerprint density at radius 2 is 1.88 bits per heavy atom. The summed E-state index contributed by atoms with van der Waals surface area (Å²) in [5.74, 6) is 2.37. The molecule has 130 valence electrons. The normalized spacial score (nSPS) is 18.5. The van der Waals surface area contributed by atoms with Crippen molar-refractivity contribution in [2.45, 2.75) is 32.1 Å². The second kappa shape index (κ2) is 8.73. The van der Waals surface area contributed by atoms with Crippen molar-refractivity contribution in [2.75, 3.05) is 32.8 Å². The predicted molar refractivity (Wildman–Crippen MR) is 94.7 cm³/mol. The molecule has 1 unspecified atom stereocenters. The largest absolute Gasteiger partial charge is 0.494 e. The lowest BCUT2D eigenvalue weighted by Gasteiger charge is -2.32. The van der Waals surface area contributed by atoms with Crippen LogP contribution in [0.3, 0.4) is 0 Å². The maximum atomic E-state index is 5.88. The van der Waals surface area contributed by atoms with Gasteiger partial charge in [-0.2, -0.15) is 5.10 Å². The molecule has 2 aromatic rings. The molecule has 3 rings (SSSR count). The molecule has 1 atom stereocenters. The van der Waals surface area contributed by atoms with E-state index in [1.807, 2.05) is 30.5 Å². The summed E-state index contributed by atoms with van der Waals surface area (Å²) in [4.78, 5) is 2.48. The van der Waals surface area contributed by atoms with Crippen LogP contribution < -0.4 is 9.47 Å². The highest BCUT2D eigenvalue weighted by Crippen LogP contribution is 2.25. The zero-order valence-corrected chi connectivity index (χ0v) is 14.4. The van der Waals surface area contributed by atoms with E-state index in [4.69, 9.17) is 9.47 Å². The minimum absolute atomic E-state index is 0.566. The average molecular weight is 329 g/mol. The Morgan fingerprint density at radius 1 is 1.12 bits per heavy atom. The van der Waals surface area contributed by atoms with E-state index in [0.717, 1.165) is 44.2 Å². The first-order valence-corrected chi connectivity index (χ1v) is 8.92. The number of aromatic amines is 1. The van der Waals surface area contributed by atoms with Crippen molar-refractivity contribution in [1.82, 2.24) is 15.1 Å². The number of H-pyrrole nitrogens is 1. The first-order chi connectivity index (χ1) is 11.8. The maximum absolute atomic E-state index is 5.88. The van der Waals surface area contributed by atoms with Crippen molar-refractivity contribution in [3.8, 4) is 11.5 Å². The molecule has 24 heavy (non-hydrogen) atoms. The third kappa shape index (κ3) is 4.74. The molecule has 0 saturated carbocycles. The molecular formula is C19H27N3O2. The zero-order chi connectivity index (χ0) is 16.6. The zero-order valence-electron chi connectivity index (χ0n) is 14.4. The number of likely N-dealkylation sites (tertiary alicyclic amines) is 1. The van der Waals surface area contributed by atoms with E-state index < -0.39 is 0 Å². The van der Waals surface area contributed by atoms with Crippen molar-refractivity contribution in [2.24, 2.45) is 0 Å². The summed E-state index contributed by atoms with van der Waals surface area (Å²) in [5, 5.41) is 7.18. The van der Waals surface area contributed by atoms with Gasteiger partial charge in [0.05, 0.1) is 6.61 Å². The quantitative estimate of drug-likeness (QED) is 0.806. The highest BCUT2D eigenvalue weighted by Gasteiger charge is 2.21. The van der Waals surface area contributed by atoms with Gasteiger partial charge >= 0.3 is 0 Å². The fourth-order valence-electron chi connectivity index (χ4n) is 3.15. The molecule has 0 amide bonds. The Hall–Kier alpha value is -2.01. The highest BCUT2D eigenvalue weighted by atomic mass is 16.5. The number of hydrogen-bond acceptors (Lipinski definition) is 4. The van der Waals surface area contributed by atoms with E-state index in [1.165, 1.54) is 18.5 Å². The number of ether oxygens (including phenoxy) is 2. The third-order valence-electron chi connectivity index (χ3n) is 4.44. The van der Waals surface area contributed by atoms with E-state index in [9.17, 15) is 0 Å². The first-order valence-electron chi connectivity index (χ1n) is 8.92. The molecule has 5 heteroatoms. The SMILES string of the molecule is CCCOc1ccc(OCCN2CCCC(c3ccn[nH]3)C2)cc1. The van der Waals surface area contributed by atoms with Crippen LogP contribution in [0.5, 0.6) is 11.5 Å². The Kier molecular flexibility index (Phi) is 6.13. The lowest BCUT2D eigenvalue weighted by Crippen LogP contribution is -2.37. The van der Waals surface area contributed by atoms with E-state index >= 15 is 0 Å². The van der Waals surface area contributed by atoms with Crippen LogP contribution in [-0.2, 0) is 0 Å². The number of hydrogen-bond donors (Lipinski definition) is 1. The Morgan fingerprint density at radius 3 is 2.54 bits per heavy atom. The van der Waals surface area contributed by atoms with Gasteiger partial charge in [-0.3, -0.25) is 10.00 Å². The van der Waals surface area contributed by atoms with Gasteiger partial charge in [0.1, 0.15) is 18.1 Å². The van der Waals surface area contributed by atoms with Crippen LogP contribution in [0, 0.1) is 0 Å². The topological polar surface area (TPSA) is 50.4 Å². The summed E-state index contributed by atoms with van der Waals surface area (Å²) in [6.45, 7) is 6.76. The first kappa shape index (κ1) is 16.8. The monoisotopic (exact) mass is 329 g/mol. The van der Waals surface area contributed by atoms with Gasteiger partial charge in [0.25, 0.3) is 0 Å². The smallest absolute Gasteiger partial charge is 0.119 e. The van der Waals surface area contributed by atoms with Crippen LogP contribution >= 0.6 is 0 Å². The molecule has 0 spiro atoms. The molecular weight excluding hydrogens is 302 g/mol. The summed E-state index contributed by atoms with van der Waals surface area (Å²) < 4.78 is 11.5. The summed E-state index contributed by atoms with van der Waals surface area (Å²) in [5.41, 5.74) is 1.25. The number of nitrogens with one attached hydrogen (secondary N) is 1. The minimum atomic E-state index is 0.566. The molecule has 0 aliphatic carbocycles. The van der Waals surface area contributed by atoms with Crippen LogP contribution in [-0.4, -0.2) is 47.9 Å². The fourth-order valence-corrected chi connectivity index (χ4v) is 3.15. The van der Waals surface area contributed by atoms with Gasteiger partial charge in [0, 0.05) is 30.9 Å². The van der Waals surface area contributed by atoms with Crippen LogP contribution in [0.25, 0.3) is 0 Å². The molecule has 0 radical (unpaired) electrons. The average Bonchev–Trinajstić information content (AvgIpc) is 3.16. The maximum Gasteiger partial charge on any atom is 0.119 e. The molecule has 1 saturated heterocycles. The van der Waals surface area contributed by atoms with Crippen LogP contribution in [0.2, 0.25) is 0 Å². The van der Waals surface area contributed by atoms with Crippen molar-refractivity contribution in [3.05, 3.63) is 42.2 Å². The Bertz CT molecular complexity index is 583. The molecule has 1 aliphatic heterocycles. The lowest BCUT2D eigenvalue weighted by molar-refractivity contribution is 0.169. The number of piperidine rings is 1. The molecule has 1 aliphatic rings. The standard InChI is InChI=1S/C19H27N3O2/c1-2-13-23-17-5-7-18(8-6-17)24-14-12-22-11-3-4-16(15-22)19-9-10-20-21-19/h5-10,16H,2-4,11-15H2,1H3,(H,20,21). The van der Waals surface area contributed by atoms with Gasteiger partial charge in [0.2, 0.25) is 0 Å². The number of rotatable bonds is 8. The third-order valence-corrected chi connectivity index (χ3v) is 4.44. The number of nitrogens with zero attached hydrogens (tertiary/aromatic N) is 2. The molecule has 1 aromatic carbocycles. The molecule has 1 fully saturated rings. The van der Waals surface area contributed by atoms with Crippen molar-refractivity contribution < 1.29 is 9.47 Å². The van der Waals surface area contributed by atoms with E-state index in [-0.39, 0.29) is 0 Å². The van der Waals surface area contributed by atoms with Crippen LogP contribution in [0.1, 0.15) is 37.8 Å². The van der Waals surface area contributed by atoms with Gasteiger partial charge in [0.15, 0.2) is 0 Å². The summed E-state index contributed by atoms with van der Waals surface area (Å²) in [7, 11) is 0. The predicted octanol–water partition coefficient (Wildman–Crippen LogP) is 3.46. The molecule has 1 N–H and O–H groups in total. The lowest BCUT2D eigenvalue weighted by atomic mass is 9.95. The van der Waals surface area contributed by atoms with Gasteiger partial charge in [-0.25, -0.2) is 0 Å². The van der Waals surface area contributed by atoms with E-state index in [0.29, 0.717) is 12.5 Å². The fraction of sp³-hybridized carbons (Fsp3) is 0.526.